The summed E-state index contributed by atoms with van der Waals surface area (Å²) < 4.78 is 15.0. The third-order valence-electron chi connectivity index (χ3n) is 10.1. The Balaban J connectivity index is 0.000000241. The maximum atomic E-state index is 13.0. The lowest BCUT2D eigenvalue weighted by atomic mass is 10.1. The van der Waals surface area contributed by atoms with Gasteiger partial charge >= 0.3 is 11.4 Å². The number of halogens is 2. The van der Waals surface area contributed by atoms with Crippen molar-refractivity contribution in [3.05, 3.63) is 194 Å². The van der Waals surface area contributed by atoms with Crippen molar-refractivity contribution >= 4 is 35.0 Å². The van der Waals surface area contributed by atoms with Crippen LogP contribution >= 0.6 is 23.2 Å². The van der Waals surface area contributed by atoms with E-state index in [1.165, 1.54) is 28.3 Å². The monoisotopic (exact) mass is 940 g/mol. The summed E-state index contributed by atoms with van der Waals surface area (Å²) >= 11 is 11.8. The van der Waals surface area contributed by atoms with Gasteiger partial charge in [-0.25, -0.2) is 9.59 Å². The fourth-order valence-corrected chi connectivity index (χ4v) is 6.86. The van der Waals surface area contributed by atoms with E-state index in [9.17, 15) is 28.8 Å². The van der Waals surface area contributed by atoms with E-state index < -0.39 is 34.3 Å². The first-order chi connectivity index (χ1) is 31.8. The second kappa shape index (κ2) is 23.3. The largest absolute Gasteiger partial charge is 0.337 e. The molecule has 0 radical (unpaired) electrons. The van der Waals surface area contributed by atoms with Crippen LogP contribution in [0.5, 0.6) is 0 Å². The van der Waals surface area contributed by atoms with Gasteiger partial charge < -0.3 is 14.8 Å². The lowest BCUT2D eigenvalue weighted by Crippen LogP contribution is -2.42. The van der Waals surface area contributed by atoms with E-state index >= 15 is 0 Å². The molecule has 0 atom stereocenters. The van der Waals surface area contributed by atoms with Crippen LogP contribution in [0.25, 0.3) is 0 Å². The van der Waals surface area contributed by atoms with Crippen LogP contribution in [0, 0.1) is 0 Å². The average Bonchev–Trinajstić information content (AvgIpc) is 4.06. The molecule has 8 rings (SSSR count). The Labute approximate surface area is 388 Å². The number of hydrogen-bond donors (Lipinski definition) is 1. The predicted octanol–water partition coefficient (Wildman–Crippen LogP) is 5.14. The van der Waals surface area contributed by atoms with Crippen molar-refractivity contribution in [3.8, 4) is 0 Å². The minimum Gasteiger partial charge on any atom is -0.337 e. The molecule has 2 amide bonds. The van der Waals surface area contributed by atoms with Crippen LogP contribution in [0.3, 0.4) is 0 Å². The summed E-state index contributed by atoms with van der Waals surface area (Å²) in [4.78, 5) is 85.0. The smallest absolute Gasteiger partial charge is 0.331 e. The average molecular weight is 942 g/mol. The zero-order valence-electron chi connectivity index (χ0n) is 37.4. The molecule has 18 nitrogen and oxygen atoms in total. The first-order valence-corrected chi connectivity index (χ1v) is 21.9. The number of aryl methyl sites for hydroxylation is 4. The number of aromatic nitrogens is 8. The number of hydrogen-bond acceptors (Lipinski definition) is 13. The van der Waals surface area contributed by atoms with Crippen LogP contribution in [0.15, 0.2) is 113 Å². The van der Waals surface area contributed by atoms with Crippen molar-refractivity contribution in [1.82, 2.24) is 43.4 Å². The molecule has 20 heteroatoms. The Morgan fingerprint density at radius 1 is 0.545 bits per heavy atom. The number of benzene rings is 3. The number of imide groups is 1. The first kappa shape index (κ1) is 50.0. The maximum absolute atomic E-state index is 13.0. The summed E-state index contributed by atoms with van der Waals surface area (Å²) in [6.07, 6.45) is 2.48. The number of fused-ring (bicyclic) bond motifs is 1. The summed E-state index contributed by atoms with van der Waals surface area (Å²) in [6, 6.07) is 24.0. The molecular formula is C46H50Cl2N10O8. The highest BCUT2D eigenvalue weighted by atomic mass is 35.5. The van der Waals surface area contributed by atoms with Crippen LogP contribution in [-0.2, 0) is 66.0 Å². The van der Waals surface area contributed by atoms with Gasteiger partial charge in [0.25, 0.3) is 22.9 Å². The Morgan fingerprint density at radius 3 is 1.35 bits per heavy atom. The molecule has 2 N–H and O–H groups in total. The van der Waals surface area contributed by atoms with Gasteiger partial charge in [-0.2, -0.15) is 9.97 Å². The van der Waals surface area contributed by atoms with Gasteiger partial charge in [0.2, 0.25) is 11.8 Å². The molecule has 0 aliphatic carbocycles. The van der Waals surface area contributed by atoms with Crippen LogP contribution in [0.4, 0.5) is 0 Å². The molecule has 1 aliphatic rings. The van der Waals surface area contributed by atoms with Crippen molar-refractivity contribution in [3.63, 3.8) is 0 Å². The lowest BCUT2D eigenvalue weighted by molar-refractivity contribution is 0.0638. The summed E-state index contributed by atoms with van der Waals surface area (Å²) in [5, 5.41) is 9.17. The van der Waals surface area contributed by atoms with Crippen molar-refractivity contribution in [2.24, 2.45) is 19.8 Å². The summed E-state index contributed by atoms with van der Waals surface area (Å²) in [5.74, 6) is 0.350. The van der Waals surface area contributed by atoms with Gasteiger partial charge in [0.15, 0.2) is 11.6 Å². The molecule has 5 heterocycles. The molecule has 0 saturated heterocycles. The normalized spacial score (nSPS) is 11.6. The molecule has 3 aromatic carbocycles. The van der Waals surface area contributed by atoms with Crippen molar-refractivity contribution < 1.29 is 18.6 Å². The summed E-state index contributed by atoms with van der Waals surface area (Å²) in [7, 11) is 3.03. The van der Waals surface area contributed by atoms with Crippen molar-refractivity contribution in [1.29, 1.82) is 0 Å². The highest BCUT2D eigenvalue weighted by Gasteiger charge is 2.35. The summed E-state index contributed by atoms with van der Waals surface area (Å²) in [6.45, 7) is 7.62. The highest BCUT2D eigenvalue weighted by molar-refractivity contribution is 6.30. The zero-order valence-corrected chi connectivity index (χ0v) is 38.9. The SMILES string of the molecule is CC.CC.Cn1c(CN)cc(=O)n(Cc2nc(CCc3ccc(Cl)cc3)no2)c1=O.Cn1c(CN2C(=O)c3ccccc3C2=O)cc(=O)n(Cc2nc(CCc3ccc(Cl)cc3)no2)c1=O. The van der Waals surface area contributed by atoms with E-state index in [0.717, 1.165) is 31.6 Å². The molecule has 0 spiro atoms. The van der Waals surface area contributed by atoms with Gasteiger partial charge in [-0.15, -0.1) is 0 Å². The van der Waals surface area contributed by atoms with Crippen LogP contribution in [0.2, 0.25) is 10.0 Å². The molecule has 66 heavy (non-hydrogen) atoms. The van der Waals surface area contributed by atoms with E-state index in [-0.39, 0.29) is 43.7 Å². The quantitative estimate of drug-likeness (QED) is 0.148. The first-order valence-electron chi connectivity index (χ1n) is 21.2. The van der Waals surface area contributed by atoms with Gasteiger partial charge in [-0.05, 0) is 60.4 Å². The molecule has 1 aliphatic heterocycles. The molecule has 0 fully saturated rings. The lowest BCUT2D eigenvalue weighted by Gasteiger charge is -2.17. The number of rotatable bonds is 13. The Hall–Kier alpha value is -7.02. The molecule has 0 saturated carbocycles. The van der Waals surface area contributed by atoms with Crippen LogP contribution in [0.1, 0.15) is 94.4 Å². The molecular weight excluding hydrogens is 891 g/mol. The number of nitrogens with zero attached hydrogens (tertiary/aromatic N) is 9. The third-order valence-corrected chi connectivity index (χ3v) is 10.6. The fourth-order valence-electron chi connectivity index (χ4n) is 6.61. The topological polar surface area (TPSA) is 229 Å². The Bertz CT molecular complexity index is 2990. The molecule has 0 unspecified atom stereocenters. The third kappa shape index (κ3) is 12.0. The fraction of sp³-hybridized carbons (Fsp3) is 0.304. The highest BCUT2D eigenvalue weighted by Crippen LogP contribution is 2.24. The van der Waals surface area contributed by atoms with Gasteiger partial charge in [0, 0.05) is 67.0 Å². The van der Waals surface area contributed by atoms with E-state index in [0.29, 0.717) is 57.8 Å². The minimum absolute atomic E-state index is 0.0791. The molecule has 4 aromatic heterocycles. The predicted molar refractivity (Wildman–Crippen MR) is 248 cm³/mol. The number of carbonyl (C=O) groups excluding carboxylic acids is 2. The second-order valence-corrected chi connectivity index (χ2v) is 15.1. The zero-order chi connectivity index (χ0) is 48.1. The number of carbonyl (C=O) groups is 2. The second-order valence-electron chi connectivity index (χ2n) is 14.2. The van der Waals surface area contributed by atoms with Gasteiger partial charge in [0.05, 0.1) is 17.7 Å². The summed E-state index contributed by atoms with van der Waals surface area (Å²) in [5.41, 5.74) is 6.81. The van der Waals surface area contributed by atoms with E-state index in [1.807, 2.05) is 64.1 Å². The van der Waals surface area contributed by atoms with E-state index in [2.05, 4.69) is 20.3 Å². The van der Waals surface area contributed by atoms with Crippen LogP contribution in [-0.4, -0.2) is 55.3 Å². The van der Waals surface area contributed by atoms with E-state index in [4.69, 9.17) is 38.0 Å². The van der Waals surface area contributed by atoms with Gasteiger partial charge in [0.1, 0.15) is 13.1 Å². The number of amides is 2. The van der Waals surface area contributed by atoms with Crippen molar-refractivity contribution in [2.75, 3.05) is 0 Å². The van der Waals surface area contributed by atoms with Gasteiger partial charge in [-0.1, -0.05) is 97.6 Å². The number of nitrogens with two attached hydrogens (primary N) is 1. The molecule has 7 aromatic rings. The molecule has 346 valence electrons. The molecule has 0 bridgehead atoms. The van der Waals surface area contributed by atoms with Crippen LogP contribution < -0.4 is 28.2 Å². The van der Waals surface area contributed by atoms with E-state index in [1.54, 1.807) is 43.4 Å². The van der Waals surface area contributed by atoms with Crippen molar-refractivity contribution in [2.45, 2.75) is 79.6 Å². The minimum atomic E-state index is -0.630. The van der Waals surface area contributed by atoms with Gasteiger partial charge in [-0.3, -0.25) is 42.3 Å². The standard InChI is InChI=1S/C25H20ClN5O5.C17H18ClN5O3.2C2H6/c1-29-17(13-31-23(33)18-4-2-3-5-19(18)24(31)34)12-22(32)30(25(29)35)14-21-27-20(28-36-21)11-8-15-6-9-16(26)10-7-15;1-22-13(9-19)8-16(24)23(17(22)25)10-15-20-14(21-26-15)7-4-11-2-5-12(18)6-3-11;2*1-2/h2-7,9-10,12H,8,11,13-14H2,1H3;2-3,5-6,8H,4,7,9-10,19H2,1H3;2*1-2H3. The Kier molecular flexibility index (Phi) is 17.6. The maximum Gasteiger partial charge on any atom is 0.331 e. The Morgan fingerprint density at radius 2 is 0.939 bits per heavy atom.